The monoisotopic (exact) mass is 545 g/mol. The Labute approximate surface area is 222 Å². The van der Waals surface area contributed by atoms with Crippen LogP contribution in [0.2, 0.25) is 0 Å². The fourth-order valence-corrected chi connectivity index (χ4v) is 3.54. The highest BCUT2D eigenvalue weighted by atomic mass is 16.4. The summed E-state index contributed by atoms with van der Waals surface area (Å²) in [6, 6.07) is 3.13. The van der Waals surface area contributed by atoms with E-state index in [1.54, 1.807) is 30.3 Å². The molecule has 0 saturated heterocycles. The molecule has 210 valence electrons. The van der Waals surface area contributed by atoms with Gasteiger partial charge >= 0.3 is 11.9 Å². The summed E-state index contributed by atoms with van der Waals surface area (Å²) in [5.41, 5.74) is 11.9. The van der Waals surface area contributed by atoms with Crippen LogP contribution in [-0.2, 0) is 41.6 Å². The van der Waals surface area contributed by atoms with Crippen LogP contribution in [0, 0.1) is 0 Å². The molecule has 4 atom stereocenters. The third-order valence-electron chi connectivity index (χ3n) is 5.55. The molecule has 10 N–H and O–H groups in total. The number of hydrogen-bond donors (Lipinski definition) is 8. The van der Waals surface area contributed by atoms with Gasteiger partial charge in [0, 0.05) is 31.2 Å². The number of carbonyl (C=O) groups excluding carboxylic acids is 4. The highest BCUT2D eigenvalue weighted by molar-refractivity contribution is 5.95. The second-order valence-corrected chi connectivity index (χ2v) is 8.70. The number of H-pyrrole nitrogens is 1. The number of aromatic nitrogens is 2. The van der Waals surface area contributed by atoms with Gasteiger partial charge in [0.15, 0.2) is 0 Å². The fourth-order valence-electron chi connectivity index (χ4n) is 3.54. The lowest BCUT2D eigenvalue weighted by molar-refractivity contribution is -0.143. The third kappa shape index (κ3) is 10.6. The van der Waals surface area contributed by atoms with E-state index in [2.05, 4.69) is 25.9 Å². The highest BCUT2D eigenvalue weighted by Crippen LogP contribution is 2.08. The smallest absolute Gasteiger partial charge is 0.326 e. The normalized spacial score (nSPS) is 13.8. The Balaban J connectivity index is 2.27. The first kappa shape index (κ1) is 30.4. The lowest BCUT2D eigenvalue weighted by atomic mass is 10.0. The minimum Gasteiger partial charge on any atom is -0.481 e. The first-order valence-corrected chi connectivity index (χ1v) is 11.9. The molecule has 0 spiro atoms. The minimum atomic E-state index is -1.52. The van der Waals surface area contributed by atoms with Crippen molar-refractivity contribution in [2.45, 2.75) is 56.3 Å². The topological polar surface area (TPSA) is 260 Å². The predicted octanol–water partition coefficient (Wildman–Crippen LogP) is -2.20. The molecule has 0 fully saturated rings. The zero-order chi connectivity index (χ0) is 28.9. The van der Waals surface area contributed by atoms with Gasteiger partial charge in [-0.25, -0.2) is 9.78 Å². The summed E-state index contributed by atoms with van der Waals surface area (Å²) in [7, 11) is 0. The number of carboxylic acids is 2. The van der Waals surface area contributed by atoms with Gasteiger partial charge < -0.3 is 42.6 Å². The first-order chi connectivity index (χ1) is 18.5. The Morgan fingerprint density at radius 2 is 1.46 bits per heavy atom. The number of carboxylic acid groups (broad SMARTS) is 2. The Morgan fingerprint density at radius 3 is 2.00 bits per heavy atom. The predicted molar refractivity (Wildman–Crippen MR) is 135 cm³/mol. The summed E-state index contributed by atoms with van der Waals surface area (Å²) in [5.74, 6) is -6.02. The number of nitrogens with two attached hydrogens (primary N) is 2. The summed E-state index contributed by atoms with van der Waals surface area (Å²) < 4.78 is 0. The highest BCUT2D eigenvalue weighted by Gasteiger charge is 2.31. The number of hydrogen-bond acceptors (Lipinski definition) is 8. The van der Waals surface area contributed by atoms with Crippen molar-refractivity contribution in [3.8, 4) is 0 Å². The second kappa shape index (κ2) is 14.8. The van der Waals surface area contributed by atoms with E-state index in [-0.39, 0.29) is 19.3 Å². The molecule has 0 radical (unpaired) electrons. The zero-order valence-electron chi connectivity index (χ0n) is 20.8. The molecule has 0 aliphatic heterocycles. The van der Waals surface area contributed by atoms with Crippen molar-refractivity contribution in [1.82, 2.24) is 25.9 Å². The van der Waals surface area contributed by atoms with Gasteiger partial charge in [-0.2, -0.15) is 0 Å². The van der Waals surface area contributed by atoms with Gasteiger partial charge in [-0.15, -0.1) is 0 Å². The molecule has 0 aliphatic carbocycles. The molecule has 1 heterocycles. The second-order valence-electron chi connectivity index (χ2n) is 8.70. The number of imidazole rings is 1. The largest absolute Gasteiger partial charge is 0.481 e. The van der Waals surface area contributed by atoms with Crippen molar-refractivity contribution in [2.24, 2.45) is 11.5 Å². The summed E-state index contributed by atoms with van der Waals surface area (Å²) in [6.07, 6.45) is 1.31. The minimum absolute atomic E-state index is 0.0460. The van der Waals surface area contributed by atoms with Crippen molar-refractivity contribution in [2.75, 3.05) is 0 Å². The van der Waals surface area contributed by atoms with Gasteiger partial charge in [0.25, 0.3) is 0 Å². The van der Waals surface area contributed by atoms with E-state index >= 15 is 0 Å². The van der Waals surface area contributed by atoms with Crippen LogP contribution in [0.5, 0.6) is 0 Å². The van der Waals surface area contributed by atoms with E-state index in [9.17, 15) is 33.9 Å². The van der Waals surface area contributed by atoms with E-state index in [1.807, 2.05) is 0 Å². The van der Waals surface area contributed by atoms with Crippen LogP contribution in [0.1, 0.15) is 30.5 Å². The van der Waals surface area contributed by atoms with Gasteiger partial charge in [0.1, 0.15) is 18.1 Å². The number of aromatic amines is 1. The Bertz CT molecular complexity index is 1160. The van der Waals surface area contributed by atoms with Crippen molar-refractivity contribution in [3.05, 3.63) is 54.1 Å². The SMILES string of the molecule is NC(=O)CC(N)C(=O)NC(Cc1cnc[nH]1)C(=O)NC(Cc1ccccc1)C(=O)NC(CCC(=O)O)C(=O)O. The van der Waals surface area contributed by atoms with Crippen LogP contribution < -0.4 is 27.4 Å². The average molecular weight is 546 g/mol. The summed E-state index contributed by atoms with van der Waals surface area (Å²) in [5, 5.41) is 25.6. The van der Waals surface area contributed by atoms with Gasteiger partial charge in [-0.3, -0.25) is 24.0 Å². The van der Waals surface area contributed by atoms with Crippen molar-refractivity contribution >= 4 is 35.6 Å². The number of nitrogens with zero attached hydrogens (tertiary/aromatic N) is 1. The Hall–Kier alpha value is -4.79. The zero-order valence-corrected chi connectivity index (χ0v) is 20.8. The Morgan fingerprint density at radius 1 is 0.872 bits per heavy atom. The lowest BCUT2D eigenvalue weighted by Gasteiger charge is -2.25. The number of aliphatic carboxylic acids is 2. The summed E-state index contributed by atoms with van der Waals surface area (Å²) >= 11 is 0. The van der Waals surface area contributed by atoms with E-state index in [0.717, 1.165) is 0 Å². The van der Waals surface area contributed by atoms with Crippen LogP contribution in [-0.4, -0.2) is 79.9 Å². The number of rotatable bonds is 16. The molecule has 0 aliphatic rings. The quantitative estimate of drug-likeness (QED) is 0.113. The van der Waals surface area contributed by atoms with Gasteiger partial charge in [-0.05, 0) is 12.0 Å². The maximum absolute atomic E-state index is 13.3. The van der Waals surface area contributed by atoms with Gasteiger partial charge in [-0.1, -0.05) is 30.3 Å². The molecular weight excluding hydrogens is 514 g/mol. The number of benzene rings is 1. The van der Waals surface area contributed by atoms with Gasteiger partial charge in [0.05, 0.1) is 18.8 Å². The molecule has 0 bridgehead atoms. The maximum atomic E-state index is 13.3. The number of nitrogens with one attached hydrogen (secondary N) is 4. The molecule has 39 heavy (non-hydrogen) atoms. The molecule has 0 saturated carbocycles. The summed E-state index contributed by atoms with van der Waals surface area (Å²) in [6.45, 7) is 0. The molecule has 1 aromatic heterocycles. The van der Waals surface area contributed by atoms with Crippen LogP contribution in [0.15, 0.2) is 42.9 Å². The molecular formula is C24H31N7O8. The lowest BCUT2D eigenvalue weighted by Crippen LogP contribution is -2.58. The van der Waals surface area contributed by atoms with Crippen LogP contribution >= 0.6 is 0 Å². The summed E-state index contributed by atoms with van der Waals surface area (Å²) in [4.78, 5) is 79.3. The van der Waals surface area contributed by atoms with E-state index < -0.39 is 72.6 Å². The molecule has 4 amide bonds. The number of amides is 4. The van der Waals surface area contributed by atoms with Gasteiger partial charge in [0.2, 0.25) is 23.6 Å². The molecule has 1 aromatic carbocycles. The van der Waals surface area contributed by atoms with Crippen molar-refractivity contribution in [3.63, 3.8) is 0 Å². The van der Waals surface area contributed by atoms with Crippen LogP contribution in [0.25, 0.3) is 0 Å². The molecule has 2 aromatic rings. The van der Waals surface area contributed by atoms with E-state index in [0.29, 0.717) is 11.3 Å². The first-order valence-electron chi connectivity index (χ1n) is 11.9. The molecule has 2 rings (SSSR count). The fraction of sp³-hybridized carbons (Fsp3) is 0.375. The van der Waals surface area contributed by atoms with E-state index in [4.69, 9.17) is 16.6 Å². The maximum Gasteiger partial charge on any atom is 0.326 e. The standard InChI is InChI=1S/C24H31N7O8/c25-15(10-19(26)32)21(35)30-18(9-14-11-27-12-28-14)23(37)31-17(8-13-4-2-1-3-5-13)22(36)29-16(24(38)39)6-7-20(33)34/h1-5,11-12,15-18H,6-10,25H2,(H2,26,32)(H,27,28)(H,29,36)(H,30,35)(H,31,37)(H,33,34)(H,38,39). The average Bonchev–Trinajstić information content (AvgIpc) is 3.38. The molecule has 4 unspecified atom stereocenters. The number of carbonyl (C=O) groups is 6. The van der Waals surface area contributed by atoms with Crippen molar-refractivity contribution in [1.29, 1.82) is 0 Å². The third-order valence-corrected chi connectivity index (χ3v) is 5.55. The van der Waals surface area contributed by atoms with Crippen molar-refractivity contribution < 1.29 is 39.0 Å². The van der Waals surface area contributed by atoms with E-state index in [1.165, 1.54) is 12.5 Å². The Kier molecular flexibility index (Phi) is 11.6. The van der Waals surface area contributed by atoms with Crippen LogP contribution in [0.4, 0.5) is 0 Å². The molecule has 15 nitrogen and oxygen atoms in total. The molecule has 15 heteroatoms. The van der Waals surface area contributed by atoms with Crippen LogP contribution in [0.3, 0.4) is 0 Å². The number of primary amides is 1.